The van der Waals surface area contributed by atoms with Gasteiger partial charge in [-0.15, -0.1) is 11.8 Å². The molecular formula is C16H17BrN4O2S. The van der Waals surface area contributed by atoms with Gasteiger partial charge in [-0.05, 0) is 18.2 Å². The molecule has 6 nitrogen and oxygen atoms in total. The maximum Gasteiger partial charge on any atom is 0.273 e. The van der Waals surface area contributed by atoms with E-state index in [1.165, 1.54) is 4.90 Å². The zero-order valence-corrected chi connectivity index (χ0v) is 15.7. The van der Waals surface area contributed by atoms with Crippen LogP contribution in [0.1, 0.15) is 10.5 Å². The quantitative estimate of drug-likeness (QED) is 0.846. The van der Waals surface area contributed by atoms with Gasteiger partial charge in [-0.3, -0.25) is 14.7 Å². The van der Waals surface area contributed by atoms with Gasteiger partial charge in [0.1, 0.15) is 11.7 Å². The highest BCUT2D eigenvalue weighted by molar-refractivity contribution is 9.10. The first-order valence-corrected chi connectivity index (χ1v) is 9.33. The lowest BCUT2D eigenvalue weighted by Gasteiger charge is -2.24. The summed E-state index contributed by atoms with van der Waals surface area (Å²) in [4.78, 5) is 28.1. The second-order valence-electron chi connectivity index (χ2n) is 5.70. The fourth-order valence-corrected chi connectivity index (χ4v) is 3.91. The molecule has 1 saturated heterocycles. The van der Waals surface area contributed by atoms with Crippen molar-refractivity contribution in [1.29, 1.82) is 0 Å². The van der Waals surface area contributed by atoms with E-state index in [-0.39, 0.29) is 11.8 Å². The van der Waals surface area contributed by atoms with Crippen LogP contribution in [0.2, 0.25) is 0 Å². The summed E-state index contributed by atoms with van der Waals surface area (Å²) in [5, 5.41) is 7.02. The van der Waals surface area contributed by atoms with Gasteiger partial charge in [0.15, 0.2) is 0 Å². The molecule has 0 radical (unpaired) electrons. The molecule has 1 N–H and O–H groups in total. The number of halogens is 1. The van der Waals surface area contributed by atoms with Gasteiger partial charge in [-0.25, -0.2) is 0 Å². The van der Waals surface area contributed by atoms with E-state index in [9.17, 15) is 9.59 Å². The molecule has 8 heteroatoms. The molecule has 1 atom stereocenters. The topological polar surface area (TPSA) is 69.3 Å². The number of rotatable bonds is 3. The second kappa shape index (κ2) is 6.98. The summed E-state index contributed by atoms with van der Waals surface area (Å²) < 4.78 is 0.984. The maximum atomic E-state index is 12.7. The molecule has 0 spiro atoms. The maximum absolute atomic E-state index is 12.7. The SMILES string of the molecule is CN(C)C(=O)C1CSCN1C(=O)c1cc(-c2ccc(Br)cc2)n[nH]1. The fourth-order valence-electron chi connectivity index (χ4n) is 2.50. The highest BCUT2D eigenvalue weighted by Gasteiger charge is 2.36. The highest BCUT2D eigenvalue weighted by Crippen LogP contribution is 2.25. The predicted octanol–water partition coefficient (Wildman–Crippen LogP) is 2.44. The Balaban J connectivity index is 1.80. The predicted molar refractivity (Wildman–Crippen MR) is 97.7 cm³/mol. The third-order valence-corrected chi connectivity index (χ3v) is 5.36. The summed E-state index contributed by atoms with van der Waals surface area (Å²) in [5.41, 5.74) is 2.02. The van der Waals surface area contributed by atoms with Crippen LogP contribution >= 0.6 is 27.7 Å². The number of nitrogens with one attached hydrogen (secondary N) is 1. The minimum Gasteiger partial charge on any atom is -0.347 e. The Morgan fingerprint density at radius 3 is 2.71 bits per heavy atom. The number of carbonyl (C=O) groups excluding carboxylic acids is 2. The molecule has 1 aromatic carbocycles. The number of amides is 2. The van der Waals surface area contributed by atoms with Crippen molar-refractivity contribution in [2.75, 3.05) is 25.7 Å². The molecule has 1 fully saturated rings. The Bertz CT molecular complexity index is 760. The Kier molecular flexibility index (Phi) is 4.96. The number of aromatic amines is 1. The van der Waals surface area contributed by atoms with E-state index in [0.29, 0.717) is 23.0 Å². The van der Waals surface area contributed by atoms with Crippen LogP contribution in [0.4, 0.5) is 0 Å². The average molecular weight is 409 g/mol. The normalized spacial score (nSPS) is 17.1. The number of benzene rings is 1. The molecule has 2 amide bonds. The minimum absolute atomic E-state index is 0.0546. The minimum atomic E-state index is -0.420. The van der Waals surface area contributed by atoms with Crippen molar-refractivity contribution in [1.82, 2.24) is 20.0 Å². The summed E-state index contributed by atoms with van der Waals surface area (Å²) in [5.74, 6) is 0.878. The van der Waals surface area contributed by atoms with E-state index in [2.05, 4.69) is 26.1 Å². The first-order valence-electron chi connectivity index (χ1n) is 7.38. The van der Waals surface area contributed by atoms with Gasteiger partial charge in [-0.2, -0.15) is 5.10 Å². The van der Waals surface area contributed by atoms with Crippen LogP contribution < -0.4 is 0 Å². The molecule has 2 heterocycles. The molecule has 1 aliphatic heterocycles. The Morgan fingerprint density at radius 1 is 1.33 bits per heavy atom. The van der Waals surface area contributed by atoms with Crippen LogP contribution in [0.15, 0.2) is 34.8 Å². The van der Waals surface area contributed by atoms with Gasteiger partial charge in [-0.1, -0.05) is 28.1 Å². The second-order valence-corrected chi connectivity index (χ2v) is 7.61. The van der Waals surface area contributed by atoms with E-state index in [1.54, 1.807) is 36.8 Å². The number of hydrogen-bond acceptors (Lipinski definition) is 4. The van der Waals surface area contributed by atoms with Crippen molar-refractivity contribution in [2.45, 2.75) is 6.04 Å². The zero-order valence-electron chi connectivity index (χ0n) is 13.3. The number of hydrogen-bond donors (Lipinski definition) is 1. The number of carbonyl (C=O) groups is 2. The molecule has 24 heavy (non-hydrogen) atoms. The van der Waals surface area contributed by atoms with Crippen LogP contribution in [-0.4, -0.2) is 63.6 Å². The van der Waals surface area contributed by atoms with Crippen molar-refractivity contribution >= 4 is 39.5 Å². The molecule has 0 aliphatic carbocycles. The Labute approximate surface area is 152 Å². The average Bonchev–Trinajstić information content (AvgIpc) is 3.23. The van der Waals surface area contributed by atoms with Crippen molar-refractivity contribution in [3.05, 3.63) is 40.5 Å². The summed E-state index contributed by atoms with van der Waals surface area (Å²) in [6.45, 7) is 0. The lowest BCUT2D eigenvalue weighted by molar-refractivity contribution is -0.132. The first kappa shape index (κ1) is 17.0. The van der Waals surface area contributed by atoms with Gasteiger partial charge in [0, 0.05) is 29.9 Å². The number of thioether (sulfide) groups is 1. The lowest BCUT2D eigenvalue weighted by atomic mass is 10.1. The van der Waals surface area contributed by atoms with E-state index < -0.39 is 6.04 Å². The van der Waals surface area contributed by atoms with Gasteiger partial charge >= 0.3 is 0 Å². The molecule has 1 aliphatic rings. The smallest absolute Gasteiger partial charge is 0.273 e. The third-order valence-electron chi connectivity index (χ3n) is 3.82. The lowest BCUT2D eigenvalue weighted by Crippen LogP contribution is -2.46. The first-order chi connectivity index (χ1) is 11.5. The number of aromatic nitrogens is 2. The molecule has 0 bridgehead atoms. The van der Waals surface area contributed by atoms with Crippen molar-refractivity contribution in [3.63, 3.8) is 0 Å². The standard InChI is InChI=1S/C16H17BrN4O2S/c1-20(2)16(23)14-8-24-9-21(14)15(22)13-7-12(18-19-13)10-3-5-11(17)6-4-10/h3-7,14H,8-9H2,1-2H3,(H,18,19). The Morgan fingerprint density at radius 2 is 2.04 bits per heavy atom. The van der Waals surface area contributed by atoms with E-state index in [4.69, 9.17) is 0 Å². The molecule has 3 rings (SSSR count). The summed E-state index contributed by atoms with van der Waals surface area (Å²) >= 11 is 4.98. The largest absolute Gasteiger partial charge is 0.347 e. The van der Waals surface area contributed by atoms with Gasteiger partial charge < -0.3 is 9.80 Å². The number of H-pyrrole nitrogens is 1. The number of likely N-dealkylation sites (N-methyl/N-ethyl adjacent to an activating group) is 1. The van der Waals surface area contributed by atoms with E-state index >= 15 is 0 Å². The number of nitrogens with zero attached hydrogens (tertiary/aromatic N) is 3. The monoisotopic (exact) mass is 408 g/mol. The van der Waals surface area contributed by atoms with Gasteiger partial charge in [0.05, 0.1) is 11.6 Å². The van der Waals surface area contributed by atoms with E-state index in [1.807, 2.05) is 24.3 Å². The summed E-state index contributed by atoms with van der Waals surface area (Å²) in [6, 6.07) is 9.02. The zero-order chi connectivity index (χ0) is 17.3. The van der Waals surface area contributed by atoms with Crippen LogP contribution in [-0.2, 0) is 4.79 Å². The fraction of sp³-hybridized carbons (Fsp3) is 0.312. The van der Waals surface area contributed by atoms with Crippen LogP contribution in [0.25, 0.3) is 11.3 Å². The third kappa shape index (κ3) is 3.34. The highest BCUT2D eigenvalue weighted by atomic mass is 79.9. The molecular weight excluding hydrogens is 392 g/mol. The molecule has 2 aromatic rings. The Hall–Kier alpha value is -1.80. The summed E-state index contributed by atoms with van der Waals surface area (Å²) in [7, 11) is 3.41. The summed E-state index contributed by atoms with van der Waals surface area (Å²) in [6.07, 6.45) is 0. The van der Waals surface area contributed by atoms with Crippen LogP contribution in [0.3, 0.4) is 0 Å². The molecule has 0 saturated carbocycles. The van der Waals surface area contributed by atoms with Gasteiger partial charge in [0.25, 0.3) is 5.91 Å². The van der Waals surface area contributed by atoms with E-state index in [0.717, 1.165) is 10.0 Å². The van der Waals surface area contributed by atoms with Crippen LogP contribution in [0.5, 0.6) is 0 Å². The molecule has 1 unspecified atom stereocenters. The van der Waals surface area contributed by atoms with Crippen LogP contribution in [0, 0.1) is 0 Å². The van der Waals surface area contributed by atoms with Crippen molar-refractivity contribution < 1.29 is 9.59 Å². The van der Waals surface area contributed by atoms with Crippen molar-refractivity contribution in [3.8, 4) is 11.3 Å². The molecule has 1 aromatic heterocycles. The molecule has 126 valence electrons. The van der Waals surface area contributed by atoms with Gasteiger partial charge in [0.2, 0.25) is 5.91 Å². The van der Waals surface area contributed by atoms with Crippen molar-refractivity contribution in [2.24, 2.45) is 0 Å².